The Balaban J connectivity index is 0.000000632. The van der Waals surface area contributed by atoms with E-state index in [1.807, 2.05) is 116 Å². The van der Waals surface area contributed by atoms with Crippen LogP contribution >= 0.6 is 0 Å². The van der Waals surface area contributed by atoms with Gasteiger partial charge in [-0.15, -0.1) is 0 Å². The minimum absolute atomic E-state index is 0. The fraction of sp³-hybridized carbons (Fsp3) is 0.194. The molecule has 52 heavy (non-hydrogen) atoms. The van der Waals surface area contributed by atoms with Gasteiger partial charge < -0.3 is 14.6 Å². The van der Waals surface area contributed by atoms with Crippen molar-refractivity contribution in [3.63, 3.8) is 0 Å². The van der Waals surface area contributed by atoms with Crippen LogP contribution in [-0.2, 0) is 53.3 Å². The Labute approximate surface area is 304 Å². The largest absolute Gasteiger partial charge is 2.00 e. The van der Waals surface area contributed by atoms with Crippen molar-refractivity contribution in [1.29, 1.82) is 0 Å². The zero-order valence-corrected chi connectivity index (χ0v) is 29.3. The monoisotopic (exact) mass is 819 g/mol. The Morgan fingerprint density at radius 2 is 0.673 bits per heavy atom. The first-order valence-corrected chi connectivity index (χ1v) is 16.6. The topological polar surface area (TPSA) is 212 Å². The molecule has 0 aliphatic carbocycles. The standard InChI is InChI=1S/C29H25N5.2CHF3O3S.Co.H2O/c1-28(22-12-3-7-18-30-22,23-13-4-8-19-31-23)26-16-11-17-27(34-26)29(2,24-14-5-9-20-32-24)25-15-6-10-21-33-25;2*2-1(3,4)8(5,6)7;;/h3-21H,1-2H3;2*(H,5,6,7);;1H2/q;;;+2;/p-1. The number of hydrogen-bond donors (Lipinski definition) is 0. The number of aromatic nitrogens is 5. The van der Waals surface area contributed by atoms with Crippen LogP contribution in [0.15, 0.2) is 116 Å². The first-order valence-electron chi connectivity index (χ1n) is 13.8. The van der Waals surface area contributed by atoms with Crippen molar-refractivity contribution < 1.29 is 74.5 Å². The van der Waals surface area contributed by atoms with Crippen LogP contribution in [0.5, 0.6) is 0 Å². The van der Waals surface area contributed by atoms with E-state index in [4.69, 9.17) is 50.9 Å². The van der Waals surface area contributed by atoms with Gasteiger partial charge in [-0.3, -0.25) is 24.9 Å². The van der Waals surface area contributed by atoms with Crippen LogP contribution in [-0.4, -0.2) is 61.9 Å². The van der Waals surface area contributed by atoms with Gasteiger partial charge in [0.05, 0.1) is 45.0 Å². The Hall–Kier alpha value is -4.38. The summed E-state index contributed by atoms with van der Waals surface area (Å²) >= 11 is 0. The van der Waals surface area contributed by atoms with Crippen molar-refractivity contribution in [1.82, 2.24) is 24.9 Å². The molecular weight excluding hydrogens is 791 g/mol. The summed E-state index contributed by atoms with van der Waals surface area (Å²) in [5.41, 5.74) is -7.32. The Kier molecular flexibility index (Phi) is 15.7. The first-order chi connectivity index (χ1) is 23.1. The van der Waals surface area contributed by atoms with E-state index in [0.717, 1.165) is 34.2 Å². The summed E-state index contributed by atoms with van der Waals surface area (Å²) in [5, 5.41) is 0. The van der Waals surface area contributed by atoms with Crippen LogP contribution in [0.1, 0.15) is 48.0 Å². The molecule has 0 saturated heterocycles. The predicted octanol–water partition coefficient (Wildman–Crippen LogP) is 4.55. The van der Waals surface area contributed by atoms with E-state index < -0.39 is 42.1 Å². The molecule has 5 heterocycles. The van der Waals surface area contributed by atoms with Crippen LogP contribution in [0.25, 0.3) is 0 Å². The molecule has 21 heteroatoms. The molecular formula is C31H28CoF6N5O7S2+. The second-order valence-corrected chi connectivity index (χ2v) is 13.1. The zero-order valence-electron chi connectivity index (χ0n) is 26.7. The van der Waals surface area contributed by atoms with E-state index >= 15 is 0 Å². The second-order valence-electron chi connectivity index (χ2n) is 10.3. The molecule has 0 amide bonds. The molecule has 3 N–H and O–H groups in total. The molecule has 0 saturated carbocycles. The zero-order chi connectivity index (χ0) is 37.4. The molecule has 5 rings (SSSR count). The molecule has 0 unspecified atom stereocenters. The number of hydrogen-bond acceptors (Lipinski definition) is 11. The van der Waals surface area contributed by atoms with Gasteiger partial charge in [-0.25, -0.2) is 16.8 Å². The maximum atomic E-state index is 10.7. The van der Waals surface area contributed by atoms with Gasteiger partial charge in [0, 0.05) is 24.8 Å². The normalized spacial score (nSPS) is 12.0. The number of pyridine rings is 5. The molecule has 0 bridgehead atoms. The molecule has 0 aliphatic heterocycles. The smallest absolute Gasteiger partial charge is 0.741 e. The van der Waals surface area contributed by atoms with E-state index in [0.29, 0.717) is 0 Å². The van der Waals surface area contributed by atoms with Crippen molar-refractivity contribution >= 4 is 20.2 Å². The van der Waals surface area contributed by atoms with Gasteiger partial charge >= 0.3 is 27.8 Å². The molecule has 5 aromatic rings. The summed E-state index contributed by atoms with van der Waals surface area (Å²) in [4.78, 5) is 24.1. The Morgan fingerprint density at radius 1 is 0.462 bits per heavy atom. The summed E-state index contributed by atoms with van der Waals surface area (Å²) in [6.07, 6.45) is 7.25. The van der Waals surface area contributed by atoms with Gasteiger partial charge in [-0.2, -0.15) is 26.3 Å². The number of rotatable bonds is 6. The minimum Gasteiger partial charge on any atom is -0.741 e. The van der Waals surface area contributed by atoms with Gasteiger partial charge in [0.1, 0.15) is 0 Å². The van der Waals surface area contributed by atoms with E-state index in [1.165, 1.54) is 0 Å². The van der Waals surface area contributed by atoms with Crippen molar-refractivity contribution in [3.05, 3.63) is 150 Å². The maximum absolute atomic E-state index is 10.7. The second kappa shape index (κ2) is 17.9. The van der Waals surface area contributed by atoms with Gasteiger partial charge in [-0.05, 0) is 74.5 Å². The number of alkyl halides is 6. The van der Waals surface area contributed by atoms with E-state index in [1.54, 1.807) is 0 Å². The maximum Gasteiger partial charge on any atom is 2.00 e. The third-order valence-electron chi connectivity index (χ3n) is 7.05. The van der Waals surface area contributed by atoms with Crippen molar-refractivity contribution in [3.8, 4) is 0 Å². The molecule has 281 valence electrons. The molecule has 12 nitrogen and oxygen atoms in total. The number of halogens is 6. The third-order valence-corrected chi connectivity index (χ3v) is 8.18. The molecule has 0 aromatic carbocycles. The molecule has 0 fully saturated rings. The van der Waals surface area contributed by atoms with Crippen LogP contribution in [0, 0.1) is 0 Å². The number of nitrogens with zero attached hydrogens (tertiary/aromatic N) is 5. The predicted molar refractivity (Wildman–Crippen MR) is 169 cm³/mol. The summed E-state index contributed by atoms with van der Waals surface area (Å²) in [6.45, 7) is 4.26. The fourth-order valence-corrected chi connectivity index (χ4v) is 4.41. The summed E-state index contributed by atoms with van der Waals surface area (Å²) in [7, 11) is -12.2. The van der Waals surface area contributed by atoms with Crippen LogP contribution in [0.2, 0.25) is 0 Å². The summed E-state index contributed by atoms with van der Waals surface area (Å²) < 4.78 is 118. The molecule has 1 radical (unpaired) electrons. The average Bonchev–Trinajstić information content (AvgIpc) is 3.08. The van der Waals surface area contributed by atoms with E-state index in [-0.39, 0.29) is 22.3 Å². The molecule has 0 atom stereocenters. The minimum atomic E-state index is -6.09. The van der Waals surface area contributed by atoms with Crippen molar-refractivity contribution in [2.24, 2.45) is 0 Å². The van der Waals surface area contributed by atoms with Crippen molar-refractivity contribution in [2.75, 3.05) is 0 Å². The molecule has 5 aromatic heterocycles. The van der Waals surface area contributed by atoms with Gasteiger partial charge in [-0.1, -0.05) is 30.3 Å². The van der Waals surface area contributed by atoms with Gasteiger partial charge in [0.2, 0.25) is 0 Å². The summed E-state index contributed by atoms with van der Waals surface area (Å²) in [6, 6.07) is 29.9. The van der Waals surface area contributed by atoms with Gasteiger partial charge in [0.25, 0.3) is 0 Å². The first kappa shape index (κ1) is 45.6. The Bertz CT molecular complexity index is 1840. The quantitative estimate of drug-likeness (QED) is 0.100. The van der Waals surface area contributed by atoms with Crippen LogP contribution in [0.4, 0.5) is 26.3 Å². The fourth-order valence-electron chi connectivity index (χ4n) is 4.41. The van der Waals surface area contributed by atoms with Crippen LogP contribution < -0.4 is 0 Å². The Morgan fingerprint density at radius 3 is 0.846 bits per heavy atom. The van der Waals surface area contributed by atoms with Crippen LogP contribution in [0.3, 0.4) is 0 Å². The van der Waals surface area contributed by atoms with E-state index in [9.17, 15) is 26.3 Å². The summed E-state index contributed by atoms with van der Waals surface area (Å²) in [5.74, 6) is 0. The van der Waals surface area contributed by atoms with E-state index in [2.05, 4.69) is 13.8 Å². The average molecular weight is 820 g/mol. The molecule has 0 spiro atoms. The third kappa shape index (κ3) is 10.8. The molecule has 0 aliphatic rings. The van der Waals surface area contributed by atoms with Gasteiger partial charge in [0.15, 0.2) is 20.2 Å². The van der Waals surface area contributed by atoms with Crippen molar-refractivity contribution in [2.45, 2.75) is 35.7 Å². The SMILES string of the molecule is CC(c1ccccn1)(c1ccccn1)c1cccc(C(C)(c2ccccn2)c2ccccn2)n1.O=S(=O)([O-])C(F)(F)F.O=S(=O)([O-])C(F)(F)F.[Co+2].[OH3+].